The summed E-state index contributed by atoms with van der Waals surface area (Å²) in [6.07, 6.45) is 3.08. The molecule has 202 valence electrons. The van der Waals surface area contributed by atoms with Crippen LogP contribution < -0.4 is 0 Å². The number of rotatable bonds is 6. The maximum absolute atomic E-state index is 4.98. The van der Waals surface area contributed by atoms with Crippen molar-refractivity contribution in [2.75, 3.05) is 13.2 Å². The molecule has 0 aliphatic rings. The van der Waals surface area contributed by atoms with E-state index >= 15 is 0 Å². The number of pyridine rings is 1. The minimum Gasteiger partial charge on any atom is -0.382 e. The molecule has 0 amide bonds. The lowest BCUT2D eigenvalue weighted by molar-refractivity contribution is 0.148. The van der Waals surface area contributed by atoms with Gasteiger partial charge in [0, 0.05) is 25.1 Å². The van der Waals surface area contributed by atoms with Gasteiger partial charge in [-0.2, -0.15) is 0 Å². The summed E-state index contributed by atoms with van der Waals surface area (Å²) in [5, 5.41) is 0. The summed E-state index contributed by atoms with van der Waals surface area (Å²) in [5.41, 5.74) is 5.23. The Morgan fingerprint density at radius 1 is 0.611 bits per heavy atom. The minimum absolute atomic E-state index is 0.591. The molecule has 0 bridgehead atoms. The highest BCUT2D eigenvalue weighted by molar-refractivity contribution is 5.18. The van der Waals surface area contributed by atoms with Gasteiger partial charge in [-0.1, -0.05) is 129 Å². The summed E-state index contributed by atoms with van der Waals surface area (Å²) in [6.45, 7) is 25.0. The lowest BCUT2D eigenvalue weighted by Gasteiger charge is -2.02. The first-order valence-corrected chi connectivity index (χ1v) is 13.8. The molecule has 2 aromatic carbocycles. The van der Waals surface area contributed by atoms with E-state index in [1.165, 1.54) is 16.7 Å². The maximum atomic E-state index is 4.98. The second-order valence-electron chi connectivity index (χ2n) is 9.22. The first-order valence-electron chi connectivity index (χ1n) is 13.8. The third kappa shape index (κ3) is 19.8. The van der Waals surface area contributed by atoms with E-state index in [2.05, 4.69) is 114 Å². The molecule has 3 rings (SSSR count). The molecular weight excluding hydrogens is 438 g/mol. The fourth-order valence-electron chi connectivity index (χ4n) is 2.79. The molecule has 0 atom stereocenters. The number of aryl methyl sites for hydroxylation is 1. The summed E-state index contributed by atoms with van der Waals surface area (Å²) >= 11 is 0. The highest BCUT2D eigenvalue weighted by Gasteiger charge is 1.96. The van der Waals surface area contributed by atoms with E-state index in [1.54, 1.807) is 0 Å². The predicted octanol–water partition coefficient (Wildman–Crippen LogP) is 10.6. The molecule has 0 fully saturated rings. The number of benzene rings is 2. The van der Waals surface area contributed by atoms with Crippen molar-refractivity contribution in [1.82, 2.24) is 4.98 Å². The van der Waals surface area contributed by atoms with Gasteiger partial charge < -0.3 is 4.74 Å². The van der Waals surface area contributed by atoms with E-state index in [1.807, 2.05) is 46.0 Å². The SMILES string of the molecule is CC.CC(C)c1ccccc1.CC(C)c1ccccc1.CCCOCC.Cc1ccc(C(C)C)cn1. The fraction of sp³-hybridized carbons (Fsp3) is 0.500. The van der Waals surface area contributed by atoms with E-state index in [4.69, 9.17) is 4.74 Å². The molecule has 36 heavy (non-hydrogen) atoms. The van der Waals surface area contributed by atoms with Crippen LogP contribution in [0.4, 0.5) is 0 Å². The van der Waals surface area contributed by atoms with Gasteiger partial charge >= 0.3 is 0 Å². The first kappa shape index (κ1) is 35.7. The van der Waals surface area contributed by atoms with Crippen molar-refractivity contribution >= 4 is 0 Å². The Balaban J connectivity index is 0. The Kier molecular flexibility index (Phi) is 24.1. The van der Waals surface area contributed by atoms with E-state index < -0.39 is 0 Å². The molecule has 2 heteroatoms. The Labute approximate surface area is 224 Å². The zero-order valence-corrected chi connectivity index (χ0v) is 25.2. The van der Waals surface area contributed by atoms with E-state index in [9.17, 15) is 0 Å². The van der Waals surface area contributed by atoms with Crippen molar-refractivity contribution in [2.45, 2.75) is 100 Å². The second-order valence-corrected chi connectivity index (χ2v) is 9.22. The van der Waals surface area contributed by atoms with Crippen LogP contribution in [0.5, 0.6) is 0 Å². The van der Waals surface area contributed by atoms with Crippen LogP contribution in [0.1, 0.15) is 116 Å². The van der Waals surface area contributed by atoms with Gasteiger partial charge in [-0.15, -0.1) is 0 Å². The highest BCUT2D eigenvalue weighted by atomic mass is 16.5. The monoisotopic (exact) mass is 493 g/mol. The van der Waals surface area contributed by atoms with Gasteiger partial charge in [-0.05, 0) is 60.8 Å². The normalized spacial score (nSPS) is 9.61. The van der Waals surface area contributed by atoms with Crippen LogP contribution >= 0.6 is 0 Å². The molecular formula is C34H55NO. The van der Waals surface area contributed by atoms with E-state index in [0.717, 1.165) is 25.3 Å². The van der Waals surface area contributed by atoms with Gasteiger partial charge in [0.1, 0.15) is 0 Å². The van der Waals surface area contributed by atoms with Gasteiger partial charge in [-0.3, -0.25) is 4.98 Å². The molecule has 0 aliphatic heterocycles. The van der Waals surface area contributed by atoms with Gasteiger partial charge in [0.2, 0.25) is 0 Å². The van der Waals surface area contributed by atoms with Crippen molar-refractivity contribution in [2.24, 2.45) is 0 Å². The summed E-state index contributed by atoms with van der Waals surface area (Å²) in [7, 11) is 0. The van der Waals surface area contributed by atoms with Crippen LogP contribution in [0.25, 0.3) is 0 Å². The summed E-state index contributed by atoms with van der Waals surface area (Å²) < 4.78 is 4.98. The summed E-state index contributed by atoms with van der Waals surface area (Å²) in [5.74, 6) is 1.91. The third-order valence-corrected chi connectivity index (χ3v) is 5.09. The second kappa shape index (κ2) is 24.3. The van der Waals surface area contributed by atoms with E-state index in [0.29, 0.717) is 17.8 Å². The molecule has 0 radical (unpaired) electrons. The molecule has 3 aromatic rings. The van der Waals surface area contributed by atoms with Crippen molar-refractivity contribution in [3.63, 3.8) is 0 Å². The Bertz CT molecular complexity index is 761. The minimum atomic E-state index is 0.591. The average Bonchev–Trinajstić information content (AvgIpc) is 2.91. The summed E-state index contributed by atoms with van der Waals surface area (Å²) in [4.78, 5) is 4.20. The quantitative estimate of drug-likeness (QED) is 0.318. The number of nitrogens with zero attached hydrogens (tertiary/aromatic N) is 1. The molecule has 0 saturated carbocycles. The zero-order valence-electron chi connectivity index (χ0n) is 25.2. The van der Waals surface area contributed by atoms with Gasteiger partial charge in [0.15, 0.2) is 0 Å². The smallest absolute Gasteiger partial charge is 0.0463 e. The standard InChI is InChI=1S/C9H13N.2C9H12.C5H12O.C2H6/c1-7(2)9-5-4-8(3)10-6-9;2*1-8(2)9-6-4-3-5-7-9;1-3-5-6-4-2;1-2/h4-7H,1-3H3;2*3-8H,1-2H3;3-5H2,1-2H3;1-2H3. The average molecular weight is 494 g/mol. The molecule has 2 nitrogen and oxygen atoms in total. The third-order valence-electron chi connectivity index (χ3n) is 5.09. The number of hydrogen-bond acceptors (Lipinski definition) is 2. The van der Waals surface area contributed by atoms with Crippen molar-refractivity contribution in [1.29, 1.82) is 0 Å². The molecule has 1 heterocycles. The van der Waals surface area contributed by atoms with Gasteiger partial charge in [0.25, 0.3) is 0 Å². The Morgan fingerprint density at radius 3 is 1.25 bits per heavy atom. The lowest BCUT2D eigenvalue weighted by Crippen LogP contribution is -1.88. The molecule has 0 unspecified atom stereocenters. The van der Waals surface area contributed by atoms with Crippen LogP contribution in [-0.2, 0) is 4.74 Å². The molecule has 0 saturated heterocycles. The lowest BCUT2D eigenvalue weighted by atomic mass is 10.0. The van der Waals surface area contributed by atoms with Crippen molar-refractivity contribution in [3.8, 4) is 0 Å². The van der Waals surface area contributed by atoms with Gasteiger partial charge in [-0.25, -0.2) is 0 Å². The number of hydrogen-bond donors (Lipinski definition) is 0. The number of ether oxygens (including phenoxy) is 1. The fourth-order valence-corrected chi connectivity index (χ4v) is 2.79. The zero-order chi connectivity index (χ0) is 27.8. The largest absolute Gasteiger partial charge is 0.382 e. The highest BCUT2D eigenvalue weighted by Crippen LogP contribution is 2.13. The molecule has 0 aliphatic carbocycles. The van der Waals surface area contributed by atoms with Crippen LogP contribution in [0.2, 0.25) is 0 Å². The van der Waals surface area contributed by atoms with E-state index in [-0.39, 0.29) is 0 Å². The van der Waals surface area contributed by atoms with Gasteiger partial charge in [0.05, 0.1) is 0 Å². The molecule has 0 N–H and O–H groups in total. The topological polar surface area (TPSA) is 22.1 Å². The number of aromatic nitrogens is 1. The Hall–Kier alpha value is -2.45. The predicted molar refractivity (Wildman–Crippen MR) is 162 cm³/mol. The van der Waals surface area contributed by atoms with Crippen molar-refractivity contribution < 1.29 is 4.74 Å². The summed E-state index contributed by atoms with van der Waals surface area (Å²) in [6, 6.07) is 25.2. The van der Waals surface area contributed by atoms with Crippen LogP contribution in [0.3, 0.4) is 0 Å². The van der Waals surface area contributed by atoms with Crippen LogP contribution in [0.15, 0.2) is 79.0 Å². The van der Waals surface area contributed by atoms with Crippen LogP contribution in [-0.4, -0.2) is 18.2 Å². The molecule has 1 aromatic heterocycles. The maximum Gasteiger partial charge on any atom is 0.0463 e. The first-order chi connectivity index (χ1) is 17.2. The Morgan fingerprint density at radius 2 is 1.03 bits per heavy atom. The molecule has 0 spiro atoms. The van der Waals surface area contributed by atoms with Crippen LogP contribution in [0, 0.1) is 6.92 Å². The van der Waals surface area contributed by atoms with Crippen molar-refractivity contribution in [3.05, 3.63) is 101 Å².